The number of nitrogens with one attached hydrogen (secondary N) is 1. The quantitative estimate of drug-likeness (QED) is 0.801. The molecule has 0 spiro atoms. The second-order valence-electron chi connectivity index (χ2n) is 5.46. The zero-order valence-electron chi connectivity index (χ0n) is 13.1. The Labute approximate surface area is 133 Å². The number of furan rings is 1. The Morgan fingerprint density at radius 2 is 2.00 bits per heavy atom. The number of fused-ring (bicyclic) bond motifs is 1. The number of carbonyl (C=O) groups excluding carboxylic acids is 1. The molecule has 0 unspecified atom stereocenters. The Kier molecular flexibility index (Phi) is 4.02. The third-order valence-electron chi connectivity index (χ3n) is 3.76. The van der Waals surface area contributed by atoms with E-state index in [2.05, 4.69) is 5.32 Å². The summed E-state index contributed by atoms with van der Waals surface area (Å²) in [6, 6.07) is 10.6. The largest absolute Gasteiger partial charge is 0.451 e. The number of para-hydroxylation sites is 1. The van der Waals surface area contributed by atoms with Crippen LogP contribution in [0.25, 0.3) is 11.0 Å². The number of pyridine rings is 1. The number of rotatable bonds is 4. The minimum atomic E-state index is -0.319. The standard InChI is InChI=1S/C18H18N2O3/c1-3-10-20-11-13(8-9-16(20)21)19-18(22)17-12(2)14-6-4-5-7-15(14)23-17/h4-9,11H,3,10H2,1-2H3,(H,19,22). The van der Waals surface area contributed by atoms with Gasteiger partial charge in [-0.25, -0.2) is 0 Å². The molecular weight excluding hydrogens is 292 g/mol. The molecule has 5 nitrogen and oxygen atoms in total. The third-order valence-corrected chi connectivity index (χ3v) is 3.76. The van der Waals surface area contributed by atoms with Crippen LogP contribution in [0.4, 0.5) is 5.69 Å². The minimum absolute atomic E-state index is 0.0789. The average molecular weight is 310 g/mol. The van der Waals surface area contributed by atoms with Crippen LogP contribution in [0.5, 0.6) is 0 Å². The fourth-order valence-corrected chi connectivity index (χ4v) is 2.60. The topological polar surface area (TPSA) is 64.2 Å². The molecule has 3 aromatic rings. The van der Waals surface area contributed by atoms with Gasteiger partial charge >= 0.3 is 0 Å². The van der Waals surface area contributed by atoms with Gasteiger partial charge in [0, 0.05) is 29.8 Å². The number of benzene rings is 1. The maximum absolute atomic E-state index is 12.5. The molecule has 1 N–H and O–H groups in total. The van der Waals surface area contributed by atoms with Gasteiger partial charge in [0.2, 0.25) is 0 Å². The maximum Gasteiger partial charge on any atom is 0.291 e. The van der Waals surface area contributed by atoms with E-state index in [1.54, 1.807) is 16.8 Å². The van der Waals surface area contributed by atoms with E-state index in [1.165, 1.54) is 6.07 Å². The van der Waals surface area contributed by atoms with E-state index >= 15 is 0 Å². The van der Waals surface area contributed by atoms with Gasteiger partial charge < -0.3 is 14.3 Å². The number of nitrogens with zero attached hydrogens (tertiary/aromatic N) is 1. The Balaban J connectivity index is 1.90. The van der Waals surface area contributed by atoms with Crippen molar-refractivity contribution >= 4 is 22.6 Å². The van der Waals surface area contributed by atoms with Crippen molar-refractivity contribution < 1.29 is 9.21 Å². The molecule has 0 bridgehead atoms. The molecule has 0 aliphatic rings. The summed E-state index contributed by atoms with van der Waals surface area (Å²) in [6.07, 6.45) is 2.50. The normalized spacial score (nSPS) is 10.9. The zero-order valence-corrected chi connectivity index (χ0v) is 13.1. The van der Waals surface area contributed by atoms with Gasteiger partial charge in [-0.1, -0.05) is 25.1 Å². The number of amides is 1. The van der Waals surface area contributed by atoms with E-state index in [-0.39, 0.29) is 11.5 Å². The van der Waals surface area contributed by atoms with Gasteiger partial charge in [-0.3, -0.25) is 9.59 Å². The Hall–Kier alpha value is -2.82. The van der Waals surface area contributed by atoms with Gasteiger partial charge in [-0.2, -0.15) is 0 Å². The second kappa shape index (κ2) is 6.12. The molecule has 0 atom stereocenters. The fraction of sp³-hybridized carbons (Fsp3) is 0.222. The molecule has 0 aliphatic carbocycles. The van der Waals surface area contributed by atoms with Gasteiger partial charge in [0.1, 0.15) is 5.58 Å². The third kappa shape index (κ3) is 2.90. The summed E-state index contributed by atoms with van der Waals surface area (Å²) in [7, 11) is 0. The van der Waals surface area contributed by atoms with Crippen molar-refractivity contribution in [1.82, 2.24) is 4.57 Å². The smallest absolute Gasteiger partial charge is 0.291 e. The first-order valence-electron chi connectivity index (χ1n) is 7.60. The van der Waals surface area contributed by atoms with Crippen LogP contribution in [0, 0.1) is 6.92 Å². The molecule has 0 fully saturated rings. The zero-order chi connectivity index (χ0) is 16.4. The highest BCUT2D eigenvalue weighted by atomic mass is 16.3. The predicted molar refractivity (Wildman–Crippen MR) is 89.9 cm³/mol. The summed E-state index contributed by atoms with van der Waals surface area (Å²) < 4.78 is 7.24. The summed E-state index contributed by atoms with van der Waals surface area (Å²) in [5.41, 5.74) is 1.98. The molecule has 0 saturated carbocycles. The molecule has 3 rings (SSSR count). The lowest BCUT2D eigenvalue weighted by atomic mass is 10.1. The summed E-state index contributed by atoms with van der Waals surface area (Å²) in [5.74, 6) is -0.0279. The van der Waals surface area contributed by atoms with Crippen LogP contribution < -0.4 is 10.9 Å². The molecular formula is C18H18N2O3. The second-order valence-corrected chi connectivity index (χ2v) is 5.46. The SMILES string of the molecule is CCCn1cc(NC(=O)c2oc3ccccc3c2C)ccc1=O. The van der Waals surface area contributed by atoms with E-state index in [9.17, 15) is 9.59 Å². The number of hydrogen-bond acceptors (Lipinski definition) is 3. The predicted octanol–water partition coefficient (Wildman–Crippen LogP) is 3.57. The number of anilines is 1. The van der Waals surface area contributed by atoms with Gasteiger partial charge in [0.05, 0.1) is 5.69 Å². The summed E-state index contributed by atoms with van der Waals surface area (Å²) in [6.45, 7) is 4.47. The van der Waals surface area contributed by atoms with Crippen molar-refractivity contribution in [3.05, 3.63) is 64.3 Å². The van der Waals surface area contributed by atoms with E-state index in [1.807, 2.05) is 38.1 Å². The van der Waals surface area contributed by atoms with E-state index in [4.69, 9.17) is 4.42 Å². The molecule has 2 aromatic heterocycles. The first-order chi connectivity index (χ1) is 11.1. The first kappa shape index (κ1) is 15.1. The molecule has 5 heteroatoms. The summed E-state index contributed by atoms with van der Waals surface area (Å²) in [5, 5.41) is 3.72. The first-order valence-corrected chi connectivity index (χ1v) is 7.60. The average Bonchev–Trinajstić information content (AvgIpc) is 2.88. The summed E-state index contributed by atoms with van der Waals surface area (Å²) in [4.78, 5) is 24.2. The minimum Gasteiger partial charge on any atom is -0.451 e. The highest BCUT2D eigenvalue weighted by Gasteiger charge is 2.17. The molecule has 2 heterocycles. The van der Waals surface area contributed by atoms with Crippen molar-refractivity contribution in [2.75, 3.05) is 5.32 Å². The lowest BCUT2D eigenvalue weighted by Gasteiger charge is -2.08. The van der Waals surface area contributed by atoms with Crippen LogP contribution in [-0.2, 0) is 6.54 Å². The molecule has 0 radical (unpaired) electrons. The molecule has 1 amide bonds. The van der Waals surface area contributed by atoms with Crippen molar-refractivity contribution in [1.29, 1.82) is 0 Å². The van der Waals surface area contributed by atoms with Crippen molar-refractivity contribution in [3.63, 3.8) is 0 Å². The summed E-state index contributed by atoms with van der Waals surface area (Å²) >= 11 is 0. The monoisotopic (exact) mass is 310 g/mol. The molecule has 118 valence electrons. The van der Waals surface area contributed by atoms with Crippen molar-refractivity contribution in [2.24, 2.45) is 0 Å². The van der Waals surface area contributed by atoms with E-state index < -0.39 is 0 Å². The Morgan fingerprint density at radius 3 is 2.74 bits per heavy atom. The lowest BCUT2D eigenvalue weighted by molar-refractivity contribution is 0.0998. The molecule has 23 heavy (non-hydrogen) atoms. The number of aromatic nitrogens is 1. The van der Waals surface area contributed by atoms with Crippen LogP contribution in [0.3, 0.4) is 0 Å². The number of carbonyl (C=O) groups is 1. The molecule has 1 aromatic carbocycles. The van der Waals surface area contributed by atoms with Gasteiger partial charge in [-0.15, -0.1) is 0 Å². The van der Waals surface area contributed by atoms with Crippen LogP contribution in [0.15, 0.2) is 51.8 Å². The van der Waals surface area contributed by atoms with Crippen LogP contribution >= 0.6 is 0 Å². The molecule has 0 saturated heterocycles. The number of hydrogen-bond donors (Lipinski definition) is 1. The Morgan fingerprint density at radius 1 is 1.22 bits per heavy atom. The fourth-order valence-electron chi connectivity index (χ4n) is 2.60. The Bertz CT molecular complexity index is 921. The van der Waals surface area contributed by atoms with Crippen molar-refractivity contribution in [3.8, 4) is 0 Å². The number of aryl methyl sites for hydroxylation is 2. The van der Waals surface area contributed by atoms with E-state index in [0.717, 1.165) is 17.4 Å². The van der Waals surface area contributed by atoms with Crippen LogP contribution in [-0.4, -0.2) is 10.5 Å². The molecule has 0 aliphatic heterocycles. The van der Waals surface area contributed by atoms with Gasteiger partial charge in [0.25, 0.3) is 11.5 Å². The van der Waals surface area contributed by atoms with Crippen LogP contribution in [0.1, 0.15) is 29.5 Å². The van der Waals surface area contributed by atoms with Gasteiger partial charge in [-0.05, 0) is 25.5 Å². The van der Waals surface area contributed by atoms with Gasteiger partial charge in [0.15, 0.2) is 5.76 Å². The highest BCUT2D eigenvalue weighted by molar-refractivity contribution is 6.06. The lowest BCUT2D eigenvalue weighted by Crippen LogP contribution is -2.20. The highest BCUT2D eigenvalue weighted by Crippen LogP contribution is 2.25. The van der Waals surface area contributed by atoms with E-state index in [0.29, 0.717) is 23.6 Å². The van der Waals surface area contributed by atoms with Crippen molar-refractivity contribution in [2.45, 2.75) is 26.8 Å². The maximum atomic E-state index is 12.5. The van der Waals surface area contributed by atoms with Crippen LogP contribution in [0.2, 0.25) is 0 Å².